The van der Waals surface area contributed by atoms with Crippen LogP contribution in [0.5, 0.6) is 0 Å². The van der Waals surface area contributed by atoms with Crippen LogP contribution >= 0.6 is 0 Å². The molecule has 2 N–H and O–H groups in total. The SMILES string of the molecule is C[C@@H](NC(=O)CNC(=O)Cc1ccccc1)c1cccc(C(F)(F)F)c1. The molecule has 2 aromatic rings. The molecule has 0 bridgehead atoms. The van der Waals surface area contributed by atoms with Gasteiger partial charge in [0.1, 0.15) is 0 Å². The summed E-state index contributed by atoms with van der Waals surface area (Å²) in [5, 5.41) is 5.07. The Morgan fingerprint density at radius 2 is 1.69 bits per heavy atom. The van der Waals surface area contributed by atoms with Crippen LogP contribution in [0.1, 0.15) is 29.7 Å². The molecular formula is C19H19F3N2O2. The van der Waals surface area contributed by atoms with E-state index >= 15 is 0 Å². The summed E-state index contributed by atoms with van der Waals surface area (Å²) < 4.78 is 38.2. The Labute approximate surface area is 149 Å². The molecule has 0 saturated heterocycles. The number of nitrogens with one attached hydrogen (secondary N) is 2. The second kappa shape index (κ2) is 8.51. The average Bonchev–Trinajstić information content (AvgIpc) is 2.60. The highest BCUT2D eigenvalue weighted by Gasteiger charge is 2.30. The summed E-state index contributed by atoms with van der Waals surface area (Å²) in [6.07, 6.45) is -4.29. The van der Waals surface area contributed by atoms with Crippen molar-refractivity contribution >= 4 is 11.8 Å². The highest BCUT2D eigenvalue weighted by molar-refractivity contribution is 5.85. The van der Waals surface area contributed by atoms with E-state index in [4.69, 9.17) is 0 Å². The second-order valence-electron chi connectivity index (χ2n) is 5.85. The lowest BCUT2D eigenvalue weighted by Gasteiger charge is -2.16. The van der Waals surface area contributed by atoms with Crippen LogP contribution in [0, 0.1) is 0 Å². The van der Waals surface area contributed by atoms with Gasteiger partial charge in [0.2, 0.25) is 11.8 Å². The van der Waals surface area contributed by atoms with Crippen molar-refractivity contribution in [2.75, 3.05) is 6.54 Å². The van der Waals surface area contributed by atoms with Crippen molar-refractivity contribution in [2.45, 2.75) is 25.6 Å². The number of rotatable bonds is 6. The molecule has 0 radical (unpaired) electrons. The molecule has 0 aliphatic rings. The number of alkyl halides is 3. The van der Waals surface area contributed by atoms with E-state index in [0.29, 0.717) is 5.56 Å². The van der Waals surface area contributed by atoms with E-state index < -0.39 is 23.7 Å². The number of amides is 2. The normalized spacial score (nSPS) is 12.3. The van der Waals surface area contributed by atoms with E-state index in [1.807, 2.05) is 18.2 Å². The quantitative estimate of drug-likeness (QED) is 0.827. The monoisotopic (exact) mass is 364 g/mol. The lowest BCUT2D eigenvalue weighted by atomic mass is 10.0. The van der Waals surface area contributed by atoms with Gasteiger partial charge in [0.05, 0.1) is 24.6 Å². The third-order valence-corrected chi connectivity index (χ3v) is 3.75. The molecule has 7 heteroatoms. The fourth-order valence-corrected chi connectivity index (χ4v) is 2.38. The summed E-state index contributed by atoms with van der Waals surface area (Å²) in [6.45, 7) is 1.34. The van der Waals surface area contributed by atoms with Crippen LogP contribution in [-0.4, -0.2) is 18.4 Å². The van der Waals surface area contributed by atoms with Crippen molar-refractivity contribution < 1.29 is 22.8 Å². The van der Waals surface area contributed by atoms with Crippen molar-refractivity contribution in [3.8, 4) is 0 Å². The fourth-order valence-electron chi connectivity index (χ4n) is 2.38. The van der Waals surface area contributed by atoms with Crippen molar-refractivity contribution in [1.29, 1.82) is 0 Å². The first kappa shape index (κ1) is 19.5. The Hall–Kier alpha value is -2.83. The molecule has 26 heavy (non-hydrogen) atoms. The van der Waals surface area contributed by atoms with Crippen LogP contribution in [0.4, 0.5) is 13.2 Å². The number of hydrogen-bond acceptors (Lipinski definition) is 2. The topological polar surface area (TPSA) is 58.2 Å². The van der Waals surface area contributed by atoms with E-state index in [2.05, 4.69) is 10.6 Å². The third kappa shape index (κ3) is 5.91. The lowest BCUT2D eigenvalue weighted by molar-refractivity contribution is -0.137. The third-order valence-electron chi connectivity index (χ3n) is 3.75. The fraction of sp³-hybridized carbons (Fsp3) is 0.263. The Balaban J connectivity index is 1.84. The molecule has 0 saturated carbocycles. The minimum absolute atomic E-state index is 0.150. The zero-order valence-corrected chi connectivity index (χ0v) is 14.1. The van der Waals surface area contributed by atoms with Crippen molar-refractivity contribution in [1.82, 2.24) is 10.6 Å². The van der Waals surface area contributed by atoms with Gasteiger partial charge in [0.25, 0.3) is 0 Å². The van der Waals surface area contributed by atoms with Crippen LogP contribution in [0.3, 0.4) is 0 Å². The Bertz CT molecular complexity index is 761. The van der Waals surface area contributed by atoms with Crippen molar-refractivity contribution in [3.05, 3.63) is 71.3 Å². The van der Waals surface area contributed by atoms with Crippen LogP contribution in [0.15, 0.2) is 54.6 Å². The zero-order valence-electron chi connectivity index (χ0n) is 14.1. The molecule has 0 unspecified atom stereocenters. The number of carbonyl (C=O) groups is 2. The predicted molar refractivity (Wildman–Crippen MR) is 91.2 cm³/mol. The molecule has 2 rings (SSSR count). The molecule has 0 aliphatic carbocycles. The summed E-state index contributed by atoms with van der Waals surface area (Å²) in [4.78, 5) is 23.7. The maximum Gasteiger partial charge on any atom is 0.416 e. The van der Waals surface area contributed by atoms with Crippen LogP contribution in [-0.2, 0) is 22.2 Å². The van der Waals surface area contributed by atoms with Crippen molar-refractivity contribution in [3.63, 3.8) is 0 Å². The minimum atomic E-state index is -4.44. The molecule has 2 amide bonds. The first-order valence-corrected chi connectivity index (χ1v) is 8.03. The van der Waals surface area contributed by atoms with Crippen LogP contribution in [0.25, 0.3) is 0 Å². The molecule has 0 aliphatic heterocycles. The van der Waals surface area contributed by atoms with Gasteiger partial charge in [-0.05, 0) is 30.2 Å². The number of carbonyl (C=O) groups excluding carboxylic acids is 2. The molecule has 2 aromatic carbocycles. The molecule has 0 spiro atoms. The average molecular weight is 364 g/mol. The standard InChI is InChI=1S/C19H19F3N2O2/c1-13(15-8-5-9-16(11-15)19(20,21)22)24-18(26)12-23-17(25)10-14-6-3-2-4-7-14/h2-9,11,13H,10,12H2,1H3,(H,23,25)(H,24,26)/t13-/m1/s1. The lowest BCUT2D eigenvalue weighted by Crippen LogP contribution is -2.38. The van der Waals surface area contributed by atoms with Gasteiger partial charge in [-0.1, -0.05) is 42.5 Å². The summed E-state index contributed by atoms with van der Waals surface area (Å²) in [5.41, 5.74) is 0.388. The smallest absolute Gasteiger partial charge is 0.348 e. The van der Waals surface area contributed by atoms with Gasteiger partial charge in [-0.15, -0.1) is 0 Å². The molecular weight excluding hydrogens is 345 g/mol. The summed E-state index contributed by atoms with van der Waals surface area (Å²) in [7, 11) is 0. The van der Waals surface area contributed by atoms with Gasteiger partial charge < -0.3 is 10.6 Å². The first-order valence-electron chi connectivity index (χ1n) is 8.03. The minimum Gasteiger partial charge on any atom is -0.348 e. The number of hydrogen-bond donors (Lipinski definition) is 2. The van der Waals surface area contributed by atoms with Crippen LogP contribution in [0.2, 0.25) is 0 Å². The molecule has 4 nitrogen and oxygen atoms in total. The predicted octanol–water partition coefficient (Wildman–Crippen LogP) is 3.24. The van der Waals surface area contributed by atoms with Crippen LogP contribution < -0.4 is 10.6 Å². The molecule has 0 aromatic heterocycles. The second-order valence-corrected chi connectivity index (χ2v) is 5.85. The van der Waals surface area contributed by atoms with Gasteiger partial charge in [0, 0.05) is 0 Å². The Morgan fingerprint density at radius 3 is 2.35 bits per heavy atom. The zero-order chi connectivity index (χ0) is 19.2. The summed E-state index contributed by atoms with van der Waals surface area (Å²) in [6, 6.07) is 13.2. The molecule has 138 valence electrons. The largest absolute Gasteiger partial charge is 0.416 e. The van der Waals surface area contributed by atoms with Gasteiger partial charge >= 0.3 is 6.18 Å². The maximum absolute atomic E-state index is 12.7. The van der Waals surface area contributed by atoms with E-state index in [0.717, 1.165) is 17.7 Å². The first-order chi connectivity index (χ1) is 12.3. The Morgan fingerprint density at radius 1 is 1.00 bits per heavy atom. The van der Waals surface area contributed by atoms with E-state index in [-0.39, 0.29) is 18.9 Å². The summed E-state index contributed by atoms with van der Waals surface area (Å²) in [5.74, 6) is -0.783. The van der Waals surface area contributed by atoms with E-state index in [1.54, 1.807) is 19.1 Å². The molecule has 1 atom stereocenters. The number of benzene rings is 2. The van der Waals surface area contributed by atoms with Gasteiger partial charge in [0.15, 0.2) is 0 Å². The maximum atomic E-state index is 12.7. The number of halogens is 3. The highest BCUT2D eigenvalue weighted by atomic mass is 19.4. The van der Waals surface area contributed by atoms with E-state index in [9.17, 15) is 22.8 Å². The highest BCUT2D eigenvalue weighted by Crippen LogP contribution is 2.30. The van der Waals surface area contributed by atoms with Gasteiger partial charge in [-0.25, -0.2) is 0 Å². The molecule has 0 fully saturated rings. The molecule has 0 heterocycles. The van der Waals surface area contributed by atoms with Crippen molar-refractivity contribution in [2.24, 2.45) is 0 Å². The van der Waals surface area contributed by atoms with Gasteiger partial charge in [-0.2, -0.15) is 13.2 Å². The Kier molecular flexibility index (Phi) is 6.38. The van der Waals surface area contributed by atoms with E-state index in [1.165, 1.54) is 12.1 Å². The summed E-state index contributed by atoms with van der Waals surface area (Å²) >= 11 is 0. The van der Waals surface area contributed by atoms with Gasteiger partial charge in [-0.3, -0.25) is 9.59 Å².